The maximum atomic E-state index is 6.30. The molecule has 4 rings (SSSR count). The first-order valence-electron chi connectivity index (χ1n) is 8.27. The van der Waals surface area contributed by atoms with Crippen molar-refractivity contribution in [2.75, 3.05) is 0 Å². The first-order valence-corrected chi connectivity index (χ1v) is 9.64. The largest absolute Gasteiger partial charge is 0.274 e. The molecular formula is C20H17ClN4S. The molecule has 0 saturated carbocycles. The molecule has 0 aliphatic rings. The molecule has 0 aliphatic heterocycles. The fourth-order valence-corrected chi connectivity index (χ4v) is 4.15. The third kappa shape index (κ3) is 3.20. The fourth-order valence-electron chi connectivity index (χ4n) is 2.96. The second-order valence-electron chi connectivity index (χ2n) is 6.10. The van der Waals surface area contributed by atoms with E-state index in [2.05, 4.69) is 50.9 Å². The number of rotatable bonds is 4. The van der Waals surface area contributed by atoms with E-state index in [0.29, 0.717) is 0 Å². The second-order valence-corrected chi connectivity index (χ2v) is 7.45. The minimum atomic E-state index is 0.723. The number of nitrogens with zero attached hydrogens (tertiary/aromatic N) is 4. The van der Waals surface area contributed by atoms with E-state index in [-0.39, 0.29) is 0 Å². The highest BCUT2D eigenvalue weighted by atomic mass is 35.5. The zero-order valence-corrected chi connectivity index (χ0v) is 16.1. The van der Waals surface area contributed by atoms with Gasteiger partial charge in [0.2, 0.25) is 0 Å². The Balaban J connectivity index is 1.67. The van der Waals surface area contributed by atoms with Gasteiger partial charge in [0.15, 0.2) is 5.16 Å². The normalized spacial score (nSPS) is 11.2. The average Bonchev–Trinajstić information content (AvgIpc) is 3.02. The van der Waals surface area contributed by atoms with Crippen molar-refractivity contribution in [3.63, 3.8) is 0 Å². The molecule has 0 radical (unpaired) electrons. The molecule has 0 spiro atoms. The van der Waals surface area contributed by atoms with Crippen molar-refractivity contribution >= 4 is 34.3 Å². The van der Waals surface area contributed by atoms with Gasteiger partial charge in [0.1, 0.15) is 5.82 Å². The molecule has 4 aromatic rings. The number of aryl methyl sites for hydroxylation is 2. The van der Waals surface area contributed by atoms with E-state index in [1.165, 1.54) is 5.56 Å². The molecule has 2 aromatic heterocycles. The topological polar surface area (TPSA) is 43.6 Å². The van der Waals surface area contributed by atoms with E-state index < -0.39 is 0 Å². The first-order chi connectivity index (χ1) is 12.6. The highest BCUT2D eigenvalue weighted by Crippen LogP contribution is 2.30. The summed E-state index contributed by atoms with van der Waals surface area (Å²) >= 11 is 7.94. The van der Waals surface area contributed by atoms with Crippen molar-refractivity contribution in [2.24, 2.45) is 0 Å². The van der Waals surface area contributed by atoms with Crippen molar-refractivity contribution in [3.05, 3.63) is 76.7 Å². The molecule has 0 saturated heterocycles. The molecule has 4 nitrogen and oxygen atoms in total. The van der Waals surface area contributed by atoms with E-state index in [9.17, 15) is 0 Å². The van der Waals surface area contributed by atoms with Crippen LogP contribution in [0.5, 0.6) is 0 Å². The van der Waals surface area contributed by atoms with Gasteiger partial charge in [-0.1, -0.05) is 41.6 Å². The van der Waals surface area contributed by atoms with Crippen molar-refractivity contribution in [1.29, 1.82) is 0 Å². The molecule has 0 aliphatic carbocycles. The van der Waals surface area contributed by atoms with Crippen LogP contribution in [0.15, 0.2) is 59.9 Å². The molecule has 2 aromatic carbocycles. The molecule has 6 heteroatoms. The van der Waals surface area contributed by atoms with E-state index >= 15 is 0 Å². The Bertz CT molecular complexity index is 1090. The second kappa shape index (κ2) is 7.09. The number of pyridine rings is 1. The van der Waals surface area contributed by atoms with Crippen LogP contribution in [0.2, 0.25) is 5.02 Å². The summed E-state index contributed by atoms with van der Waals surface area (Å²) in [4.78, 5) is 4.51. The molecular weight excluding hydrogens is 364 g/mol. The minimum absolute atomic E-state index is 0.723. The lowest BCUT2D eigenvalue weighted by Crippen LogP contribution is -1.99. The molecule has 130 valence electrons. The van der Waals surface area contributed by atoms with E-state index in [1.54, 1.807) is 18.0 Å². The third-order valence-electron chi connectivity index (χ3n) is 4.21. The Morgan fingerprint density at radius 2 is 1.92 bits per heavy atom. The van der Waals surface area contributed by atoms with Crippen molar-refractivity contribution in [1.82, 2.24) is 19.7 Å². The lowest BCUT2D eigenvalue weighted by Gasteiger charge is -2.10. The van der Waals surface area contributed by atoms with Gasteiger partial charge < -0.3 is 0 Å². The van der Waals surface area contributed by atoms with Gasteiger partial charge in [-0.15, -0.1) is 10.2 Å². The monoisotopic (exact) mass is 380 g/mol. The zero-order chi connectivity index (χ0) is 18.1. The van der Waals surface area contributed by atoms with Gasteiger partial charge in [-0.3, -0.25) is 9.55 Å². The number of hydrogen-bond acceptors (Lipinski definition) is 4. The number of halogens is 1. The Morgan fingerprint density at radius 3 is 2.77 bits per heavy atom. The maximum absolute atomic E-state index is 6.30. The smallest absolute Gasteiger partial charge is 0.196 e. The SMILES string of the molecule is Cc1cccc(-n2c(C)nnc2SCc2ccc(Cl)c3cccnc23)c1. The number of thioether (sulfide) groups is 1. The van der Waals surface area contributed by atoms with Crippen molar-refractivity contribution < 1.29 is 0 Å². The molecule has 0 fully saturated rings. The van der Waals surface area contributed by atoms with Crippen LogP contribution in [0.1, 0.15) is 17.0 Å². The predicted molar refractivity (Wildman–Crippen MR) is 107 cm³/mol. The van der Waals surface area contributed by atoms with Crippen LogP contribution < -0.4 is 0 Å². The van der Waals surface area contributed by atoms with Crippen LogP contribution in [0.3, 0.4) is 0 Å². The van der Waals surface area contributed by atoms with Gasteiger partial charge >= 0.3 is 0 Å². The van der Waals surface area contributed by atoms with Gasteiger partial charge in [-0.05, 0) is 55.3 Å². The summed E-state index contributed by atoms with van der Waals surface area (Å²) in [6, 6.07) is 16.2. The fraction of sp³-hybridized carbons (Fsp3) is 0.150. The van der Waals surface area contributed by atoms with Crippen LogP contribution in [0.4, 0.5) is 0 Å². The van der Waals surface area contributed by atoms with E-state index in [1.807, 2.05) is 31.2 Å². The van der Waals surface area contributed by atoms with Gasteiger partial charge in [0.25, 0.3) is 0 Å². The van der Waals surface area contributed by atoms with Crippen molar-refractivity contribution in [3.8, 4) is 5.69 Å². The maximum Gasteiger partial charge on any atom is 0.196 e. The summed E-state index contributed by atoms with van der Waals surface area (Å²) in [6.07, 6.45) is 1.80. The van der Waals surface area contributed by atoms with Crippen molar-refractivity contribution in [2.45, 2.75) is 24.8 Å². The predicted octanol–water partition coefficient (Wildman–Crippen LogP) is 5.38. The Kier molecular flexibility index (Phi) is 4.66. The van der Waals surface area contributed by atoms with Gasteiger partial charge in [0, 0.05) is 28.0 Å². The summed E-state index contributed by atoms with van der Waals surface area (Å²) in [5.41, 5.74) is 4.35. The Labute approximate surface area is 161 Å². The lowest BCUT2D eigenvalue weighted by atomic mass is 10.1. The summed E-state index contributed by atoms with van der Waals surface area (Å²) in [6.45, 7) is 4.06. The number of hydrogen-bond donors (Lipinski definition) is 0. The molecule has 0 atom stereocenters. The highest BCUT2D eigenvalue weighted by Gasteiger charge is 2.13. The molecule has 0 N–H and O–H groups in total. The van der Waals surface area contributed by atoms with Crippen LogP contribution in [-0.2, 0) is 5.75 Å². The molecule has 0 bridgehead atoms. The van der Waals surface area contributed by atoms with Crippen LogP contribution in [0, 0.1) is 13.8 Å². The van der Waals surface area contributed by atoms with Gasteiger partial charge in [-0.25, -0.2) is 0 Å². The third-order valence-corrected chi connectivity index (χ3v) is 5.52. The standard InChI is InChI=1S/C20H17ClN4S/c1-13-5-3-6-16(11-13)25-14(2)23-24-20(25)26-12-15-8-9-18(21)17-7-4-10-22-19(15)17/h3-11H,12H2,1-2H3. The van der Waals surface area contributed by atoms with E-state index in [4.69, 9.17) is 11.6 Å². The summed E-state index contributed by atoms with van der Waals surface area (Å²) in [5, 5.41) is 11.2. The summed E-state index contributed by atoms with van der Waals surface area (Å²) < 4.78 is 2.09. The number of benzene rings is 2. The molecule has 2 heterocycles. The number of fused-ring (bicyclic) bond motifs is 1. The van der Waals surface area contributed by atoms with Crippen LogP contribution >= 0.6 is 23.4 Å². The molecule has 0 unspecified atom stereocenters. The summed E-state index contributed by atoms with van der Waals surface area (Å²) in [7, 11) is 0. The average molecular weight is 381 g/mol. The van der Waals surface area contributed by atoms with E-state index in [0.717, 1.165) is 43.9 Å². The molecule has 26 heavy (non-hydrogen) atoms. The molecule has 0 amide bonds. The Hall–Kier alpha value is -2.37. The lowest BCUT2D eigenvalue weighted by molar-refractivity contribution is 0.867. The summed E-state index contributed by atoms with van der Waals surface area (Å²) in [5.74, 6) is 1.62. The van der Waals surface area contributed by atoms with Crippen LogP contribution in [-0.4, -0.2) is 19.7 Å². The highest BCUT2D eigenvalue weighted by molar-refractivity contribution is 7.98. The minimum Gasteiger partial charge on any atom is -0.274 e. The zero-order valence-electron chi connectivity index (χ0n) is 14.5. The van der Waals surface area contributed by atoms with Crippen LogP contribution in [0.25, 0.3) is 16.6 Å². The van der Waals surface area contributed by atoms with Gasteiger partial charge in [-0.2, -0.15) is 0 Å². The van der Waals surface area contributed by atoms with Gasteiger partial charge in [0.05, 0.1) is 5.52 Å². The quantitative estimate of drug-likeness (QED) is 0.446. The Morgan fingerprint density at radius 1 is 1.04 bits per heavy atom. The number of aromatic nitrogens is 4. The first kappa shape index (κ1) is 17.1.